The summed E-state index contributed by atoms with van der Waals surface area (Å²) in [7, 11) is 0. The number of carbonyl (C=O) groups excluding carboxylic acids is 2. The fraction of sp³-hybridized carbons (Fsp3) is 0.833. The van der Waals surface area contributed by atoms with Crippen LogP contribution in [0.15, 0.2) is 0 Å². The van der Waals surface area contributed by atoms with Crippen molar-refractivity contribution in [1.82, 2.24) is 20.4 Å². The molecule has 6 heteroatoms. The summed E-state index contributed by atoms with van der Waals surface area (Å²) in [5.41, 5.74) is 0. The van der Waals surface area contributed by atoms with E-state index in [1.165, 1.54) is 0 Å². The summed E-state index contributed by atoms with van der Waals surface area (Å²) < 4.78 is 0. The quantitative estimate of drug-likeness (QED) is 0.638. The minimum absolute atomic E-state index is 0.0410. The minimum Gasteiger partial charge on any atom is -0.354 e. The summed E-state index contributed by atoms with van der Waals surface area (Å²) in [6, 6.07) is 0.0897. The van der Waals surface area contributed by atoms with Crippen molar-refractivity contribution >= 4 is 11.8 Å². The van der Waals surface area contributed by atoms with E-state index < -0.39 is 0 Å². The van der Waals surface area contributed by atoms with Crippen LogP contribution in [0.3, 0.4) is 0 Å². The predicted octanol–water partition coefficient (Wildman–Crippen LogP) is -1.37. The van der Waals surface area contributed by atoms with Gasteiger partial charge in [0.05, 0.1) is 6.54 Å². The molecule has 2 aliphatic rings. The molecule has 2 saturated heterocycles. The number of amides is 2. The van der Waals surface area contributed by atoms with Gasteiger partial charge in [-0.1, -0.05) is 0 Å². The van der Waals surface area contributed by atoms with Gasteiger partial charge in [-0.3, -0.25) is 14.5 Å². The van der Waals surface area contributed by atoms with Crippen LogP contribution < -0.4 is 10.6 Å². The average Bonchev–Trinajstić information content (AvgIpc) is 2.53. The number of nitrogens with one attached hydrogen (secondary N) is 2. The van der Waals surface area contributed by atoms with Crippen molar-refractivity contribution < 1.29 is 9.59 Å². The second kappa shape index (κ2) is 6.15. The van der Waals surface area contributed by atoms with Crippen LogP contribution in [0.2, 0.25) is 0 Å². The monoisotopic (exact) mass is 254 g/mol. The lowest BCUT2D eigenvalue weighted by atomic mass is 10.2. The number of hydrogen-bond donors (Lipinski definition) is 2. The fourth-order valence-electron chi connectivity index (χ4n) is 2.42. The van der Waals surface area contributed by atoms with Crippen LogP contribution >= 0.6 is 0 Å². The highest BCUT2D eigenvalue weighted by atomic mass is 16.2. The maximum atomic E-state index is 12.3. The van der Waals surface area contributed by atoms with Gasteiger partial charge < -0.3 is 15.5 Å². The molecule has 0 radical (unpaired) electrons. The summed E-state index contributed by atoms with van der Waals surface area (Å²) in [6.45, 7) is 7.30. The van der Waals surface area contributed by atoms with E-state index >= 15 is 0 Å². The SMILES string of the molecule is C[C@H]1CNC(=O)CCN1C(=O)CN1CCNCC1. The Labute approximate surface area is 108 Å². The Bertz CT molecular complexity index is 315. The van der Waals surface area contributed by atoms with Gasteiger partial charge in [-0.15, -0.1) is 0 Å². The van der Waals surface area contributed by atoms with Crippen LogP contribution in [0.25, 0.3) is 0 Å². The molecule has 0 aromatic carbocycles. The average molecular weight is 254 g/mol. The summed E-state index contributed by atoms with van der Waals surface area (Å²) in [5.74, 6) is 0.181. The topological polar surface area (TPSA) is 64.7 Å². The highest BCUT2D eigenvalue weighted by Crippen LogP contribution is 2.06. The van der Waals surface area contributed by atoms with Gasteiger partial charge in [0.1, 0.15) is 0 Å². The molecule has 2 aliphatic heterocycles. The smallest absolute Gasteiger partial charge is 0.237 e. The van der Waals surface area contributed by atoms with E-state index in [0.717, 1.165) is 26.2 Å². The molecule has 0 unspecified atom stereocenters. The summed E-state index contributed by atoms with van der Waals surface area (Å²) >= 11 is 0. The van der Waals surface area contributed by atoms with E-state index in [2.05, 4.69) is 15.5 Å². The Hall–Kier alpha value is -1.14. The third-order valence-corrected chi connectivity index (χ3v) is 3.60. The van der Waals surface area contributed by atoms with Crippen molar-refractivity contribution in [3.8, 4) is 0 Å². The second-order valence-corrected chi connectivity index (χ2v) is 5.02. The van der Waals surface area contributed by atoms with Gasteiger partial charge in [-0.05, 0) is 6.92 Å². The largest absolute Gasteiger partial charge is 0.354 e. The highest BCUT2D eigenvalue weighted by Gasteiger charge is 2.25. The molecule has 18 heavy (non-hydrogen) atoms. The zero-order valence-corrected chi connectivity index (χ0v) is 10.9. The molecule has 2 fully saturated rings. The number of nitrogens with zero attached hydrogens (tertiary/aromatic N) is 2. The van der Waals surface area contributed by atoms with E-state index in [4.69, 9.17) is 0 Å². The van der Waals surface area contributed by atoms with E-state index in [9.17, 15) is 9.59 Å². The van der Waals surface area contributed by atoms with Crippen molar-refractivity contribution in [2.24, 2.45) is 0 Å². The first-order chi connectivity index (χ1) is 8.66. The first kappa shape index (κ1) is 13.3. The minimum atomic E-state index is 0.0410. The summed E-state index contributed by atoms with van der Waals surface area (Å²) in [6.07, 6.45) is 0.414. The van der Waals surface area contributed by atoms with Gasteiger partial charge in [-0.2, -0.15) is 0 Å². The molecule has 2 rings (SSSR count). The van der Waals surface area contributed by atoms with Gasteiger partial charge >= 0.3 is 0 Å². The fourth-order valence-corrected chi connectivity index (χ4v) is 2.42. The number of rotatable bonds is 2. The first-order valence-corrected chi connectivity index (χ1v) is 6.66. The van der Waals surface area contributed by atoms with Crippen LogP contribution in [0.5, 0.6) is 0 Å². The Balaban J connectivity index is 1.88. The van der Waals surface area contributed by atoms with Gasteiger partial charge in [0.2, 0.25) is 11.8 Å². The third kappa shape index (κ3) is 3.43. The maximum Gasteiger partial charge on any atom is 0.237 e. The molecule has 2 heterocycles. The van der Waals surface area contributed by atoms with Crippen molar-refractivity contribution in [2.75, 3.05) is 45.8 Å². The lowest BCUT2D eigenvalue weighted by molar-refractivity contribution is -0.134. The molecule has 0 bridgehead atoms. The van der Waals surface area contributed by atoms with Crippen molar-refractivity contribution in [2.45, 2.75) is 19.4 Å². The summed E-state index contributed by atoms with van der Waals surface area (Å²) in [5, 5.41) is 6.10. The Morgan fingerprint density at radius 1 is 1.33 bits per heavy atom. The van der Waals surface area contributed by atoms with Crippen molar-refractivity contribution in [3.05, 3.63) is 0 Å². The summed E-state index contributed by atoms with van der Waals surface area (Å²) in [4.78, 5) is 27.6. The zero-order valence-electron chi connectivity index (χ0n) is 10.9. The Kier molecular flexibility index (Phi) is 4.54. The molecule has 0 aromatic heterocycles. The number of hydrogen-bond acceptors (Lipinski definition) is 4. The van der Waals surface area contributed by atoms with Gasteiger partial charge in [0, 0.05) is 51.7 Å². The van der Waals surface area contributed by atoms with Gasteiger partial charge in [-0.25, -0.2) is 0 Å². The first-order valence-electron chi connectivity index (χ1n) is 6.66. The zero-order chi connectivity index (χ0) is 13.0. The maximum absolute atomic E-state index is 12.3. The van der Waals surface area contributed by atoms with Crippen LogP contribution in [-0.4, -0.2) is 73.5 Å². The molecule has 0 saturated carbocycles. The van der Waals surface area contributed by atoms with E-state index in [1.54, 1.807) is 0 Å². The van der Waals surface area contributed by atoms with Gasteiger partial charge in [0.25, 0.3) is 0 Å². The van der Waals surface area contributed by atoms with Crippen molar-refractivity contribution in [1.29, 1.82) is 0 Å². The van der Waals surface area contributed by atoms with E-state index in [-0.39, 0.29) is 17.9 Å². The molecule has 0 aromatic rings. The normalized spacial score (nSPS) is 26.6. The Morgan fingerprint density at radius 2 is 2.06 bits per heavy atom. The number of carbonyl (C=O) groups is 2. The number of piperazine rings is 1. The third-order valence-electron chi connectivity index (χ3n) is 3.60. The van der Waals surface area contributed by atoms with E-state index in [1.807, 2.05) is 11.8 Å². The van der Waals surface area contributed by atoms with Crippen LogP contribution in [0, 0.1) is 0 Å². The molecular weight excluding hydrogens is 232 g/mol. The lowest BCUT2D eigenvalue weighted by Gasteiger charge is -2.31. The predicted molar refractivity (Wildman–Crippen MR) is 68.1 cm³/mol. The highest BCUT2D eigenvalue weighted by molar-refractivity contribution is 5.81. The molecule has 0 spiro atoms. The lowest BCUT2D eigenvalue weighted by Crippen LogP contribution is -2.50. The molecule has 1 atom stereocenters. The van der Waals surface area contributed by atoms with Gasteiger partial charge in [0.15, 0.2) is 0 Å². The molecule has 2 N–H and O–H groups in total. The molecular formula is C12H22N4O2. The molecule has 102 valence electrons. The molecule has 0 aliphatic carbocycles. The van der Waals surface area contributed by atoms with Crippen molar-refractivity contribution in [3.63, 3.8) is 0 Å². The molecule has 2 amide bonds. The van der Waals surface area contributed by atoms with Crippen LogP contribution in [-0.2, 0) is 9.59 Å². The molecule has 6 nitrogen and oxygen atoms in total. The van der Waals surface area contributed by atoms with E-state index in [0.29, 0.717) is 26.1 Å². The second-order valence-electron chi connectivity index (χ2n) is 5.02. The Morgan fingerprint density at radius 3 is 2.78 bits per heavy atom. The standard InChI is InChI=1S/C12H22N4O2/c1-10-8-14-11(17)2-5-16(10)12(18)9-15-6-3-13-4-7-15/h10,13H,2-9H2,1H3,(H,14,17)/t10-/m0/s1. The van der Waals surface area contributed by atoms with Crippen LogP contribution in [0.4, 0.5) is 0 Å². The van der Waals surface area contributed by atoms with Crippen LogP contribution in [0.1, 0.15) is 13.3 Å².